The van der Waals surface area contributed by atoms with E-state index >= 15 is 0 Å². The van der Waals surface area contributed by atoms with Crippen LogP contribution >= 0.6 is 0 Å². The summed E-state index contributed by atoms with van der Waals surface area (Å²) >= 11 is 0. The largest absolute Gasteiger partial charge is 0.317 e. The Morgan fingerprint density at radius 1 is 1.00 bits per heavy atom. The lowest BCUT2D eigenvalue weighted by Gasteiger charge is -1.76. The second kappa shape index (κ2) is 3.90. The number of nitrogens with one attached hydrogen (secondary N) is 1. The van der Waals surface area contributed by atoms with Gasteiger partial charge in [-0.05, 0) is 45.2 Å². The van der Waals surface area contributed by atoms with E-state index in [9.17, 15) is 0 Å². The summed E-state index contributed by atoms with van der Waals surface area (Å²) in [5.41, 5.74) is 0. The Morgan fingerprint density at radius 2 is 1.50 bits per heavy atom. The van der Waals surface area contributed by atoms with Crippen LogP contribution in [0.15, 0.2) is 0 Å². The van der Waals surface area contributed by atoms with Crippen LogP contribution in [0.1, 0.15) is 25.7 Å². The smallest absolute Gasteiger partial charge is 0.00484 e. The molecule has 0 atom stereocenters. The molecule has 0 unspecified atom stereocenters. The molecule has 0 aromatic carbocycles. The van der Waals surface area contributed by atoms with Gasteiger partial charge in [-0.1, -0.05) is 0 Å². The molecule has 2 fully saturated rings. The minimum Gasteiger partial charge on any atom is -0.317 e. The lowest BCUT2D eigenvalue weighted by Crippen LogP contribution is -2.03. The van der Waals surface area contributed by atoms with Crippen molar-refractivity contribution in [2.45, 2.75) is 25.7 Å². The van der Waals surface area contributed by atoms with Crippen molar-refractivity contribution in [3.8, 4) is 0 Å². The van der Waals surface area contributed by atoms with Crippen LogP contribution < -0.4 is 5.32 Å². The average molecular weight is 112 g/mol. The molecular weight excluding hydrogens is 98.1 g/mol. The average Bonchev–Trinajstić information content (AvgIpc) is 2.55. The second-order valence-electron chi connectivity index (χ2n) is 2.32. The van der Waals surface area contributed by atoms with Crippen LogP contribution in [0.5, 0.6) is 0 Å². The zero-order chi connectivity index (χ0) is 5.66. The van der Waals surface area contributed by atoms with Gasteiger partial charge in [0.2, 0.25) is 0 Å². The van der Waals surface area contributed by atoms with Gasteiger partial charge in [-0.2, -0.15) is 0 Å². The second-order valence-corrected chi connectivity index (χ2v) is 2.32. The van der Waals surface area contributed by atoms with Gasteiger partial charge in [0.15, 0.2) is 0 Å². The first kappa shape index (κ1) is 6.09. The monoisotopic (exact) mass is 112 g/mol. The third kappa shape index (κ3) is 4.13. The van der Waals surface area contributed by atoms with Crippen molar-refractivity contribution in [3.05, 3.63) is 6.42 Å². The molecule has 0 amide bonds. The van der Waals surface area contributed by atoms with Gasteiger partial charge in [0.05, 0.1) is 0 Å². The highest BCUT2D eigenvalue weighted by molar-refractivity contribution is 4.79. The van der Waals surface area contributed by atoms with Crippen molar-refractivity contribution in [1.29, 1.82) is 0 Å². The van der Waals surface area contributed by atoms with Crippen LogP contribution in [0.4, 0.5) is 0 Å². The van der Waals surface area contributed by atoms with Gasteiger partial charge in [-0.3, -0.25) is 0 Å². The Kier molecular flexibility index (Phi) is 2.97. The van der Waals surface area contributed by atoms with Gasteiger partial charge in [0, 0.05) is 0 Å². The van der Waals surface area contributed by atoms with Gasteiger partial charge in [-0.15, -0.1) is 0 Å². The molecule has 1 saturated heterocycles. The Balaban J connectivity index is 0.0000000907. The fraction of sp³-hybridized carbons (Fsp3) is 0.857. The van der Waals surface area contributed by atoms with E-state index in [0.29, 0.717) is 0 Å². The predicted molar refractivity (Wildman–Crippen MR) is 35.6 cm³/mol. The maximum absolute atomic E-state index is 3.22. The molecule has 0 aromatic rings. The molecule has 8 heavy (non-hydrogen) atoms. The Labute approximate surface area is 51.5 Å². The standard InChI is InChI=1S/C4H9N.C3H5/c1-2-4-5-3-1;1-2-3-1/h5H,1-4H2;1H,2-3H2. The lowest BCUT2D eigenvalue weighted by molar-refractivity contribution is 0.857. The van der Waals surface area contributed by atoms with Gasteiger partial charge in [0.25, 0.3) is 0 Å². The van der Waals surface area contributed by atoms with E-state index in [4.69, 9.17) is 0 Å². The molecular formula is C7H14N. The highest BCUT2D eigenvalue weighted by Gasteiger charge is 1.95. The van der Waals surface area contributed by atoms with E-state index in [-0.39, 0.29) is 0 Å². The van der Waals surface area contributed by atoms with Crippen LogP contribution in [0.25, 0.3) is 0 Å². The highest BCUT2D eigenvalue weighted by atomic mass is 14.9. The summed E-state index contributed by atoms with van der Waals surface area (Å²) in [6.07, 6.45) is 7.78. The van der Waals surface area contributed by atoms with E-state index in [1.54, 1.807) is 0 Å². The van der Waals surface area contributed by atoms with E-state index < -0.39 is 0 Å². The quantitative estimate of drug-likeness (QED) is 0.499. The molecule has 1 heterocycles. The molecule has 0 aromatic heterocycles. The molecule has 1 nitrogen and oxygen atoms in total. The van der Waals surface area contributed by atoms with Gasteiger partial charge < -0.3 is 5.32 Å². The van der Waals surface area contributed by atoms with Crippen molar-refractivity contribution in [2.24, 2.45) is 0 Å². The van der Waals surface area contributed by atoms with Crippen molar-refractivity contribution in [1.82, 2.24) is 5.32 Å². The third-order valence-corrected chi connectivity index (χ3v) is 1.25. The number of hydrogen-bond donors (Lipinski definition) is 1. The maximum atomic E-state index is 3.22. The SMILES string of the molecule is C1CCNC1.[CH]1CC1. The number of hydrogen-bond acceptors (Lipinski definition) is 1. The predicted octanol–water partition coefficient (Wildman–Crippen LogP) is 1.35. The van der Waals surface area contributed by atoms with E-state index in [2.05, 4.69) is 11.7 Å². The Hall–Kier alpha value is -0.0400. The molecule has 1 saturated carbocycles. The zero-order valence-corrected chi connectivity index (χ0v) is 5.32. The minimum absolute atomic E-state index is 1.25. The van der Waals surface area contributed by atoms with E-state index in [0.717, 1.165) is 0 Å². The maximum Gasteiger partial charge on any atom is -0.00484 e. The zero-order valence-electron chi connectivity index (χ0n) is 5.32. The minimum atomic E-state index is 1.25. The summed E-state index contributed by atoms with van der Waals surface area (Å²) in [7, 11) is 0. The first-order valence-corrected chi connectivity index (χ1v) is 3.52. The fourth-order valence-corrected chi connectivity index (χ4v) is 0.625. The third-order valence-electron chi connectivity index (χ3n) is 1.25. The van der Waals surface area contributed by atoms with E-state index in [1.807, 2.05) is 0 Å². The molecule has 1 aliphatic carbocycles. The fourth-order valence-electron chi connectivity index (χ4n) is 0.625. The Morgan fingerprint density at radius 3 is 1.62 bits per heavy atom. The summed E-state index contributed by atoms with van der Waals surface area (Å²) in [4.78, 5) is 0. The molecule has 1 aliphatic heterocycles. The highest BCUT2D eigenvalue weighted by Crippen LogP contribution is 2.12. The summed E-state index contributed by atoms with van der Waals surface area (Å²) in [6.45, 7) is 2.50. The van der Waals surface area contributed by atoms with Gasteiger partial charge in [0.1, 0.15) is 0 Å². The molecule has 0 spiro atoms. The van der Waals surface area contributed by atoms with Crippen LogP contribution in [-0.4, -0.2) is 13.1 Å². The van der Waals surface area contributed by atoms with Crippen molar-refractivity contribution < 1.29 is 0 Å². The van der Waals surface area contributed by atoms with Crippen LogP contribution in [-0.2, 0) is 0 Å². The summed E-state index contributed by atoms with van der Waals surface area (Å²) in [6, 6.07) is 0. The molecule has 2 rings (SSSR count). The van der Waals surface area contributed by atoms with Crippen LogP contribution in [0.3, 0.4) is 0 Å². The first-order valence-electron chi connectivity index (χ1n) is 3.52. The summed E-state index contributed by atoms with van der Waals surface area (Å²) < 4.78 is 0. The molecule has 0 bridgehead atoms. The number of rotatable bonds is 0. The topological polar surface area (TPSA) is 12.0 Å². The summed E-state index contributed by atoms with van der Waals surface area (Å²) in [5.74, 6) is 0. The van der Waals surface area contributed by atoms with E-state index in [1.165, 1.54) is 38.8 Å². The summed E-state index contributed by atoms with van der Waals surface area (Å²) in [5, 5.41) is 3.22. The van der Waals surface area contributed by atoms with Crippen molar-refractivity contribution in [3.63, 3.8) is 0 Å². The van der Waals surface area contributed by atoms with Crippen molar-refractivity contribution >= 4 is 0 Å². The molecule has 47 valence electrons. The van der Waals surface area contributed by atoms with Crippen molar-refractivity contribution in [2.75, 3.05) is 13.1 Å². The molecule has 1 heteroatoms. The normalized spacial score (nSPS) is 24.0. The molecule has 2 aliphatic rings. The molecule has 1 N–H and O–H groups in total. The van der Waals surface area contributed by atoms with Gasteiger partial charge in [-0.25, -0.2) is 0 Å². The van der Waals surface area contributed by atoms with Gasteiger partial charge >= 0.3 is 0 Å². The van der Waals surface area contributed by atoms with Crippen LogP contribution in [0.2, 0.25) is 0 Å². The Bertz CT molecular complexity index is 36.0. The molecule has 1 radical (unpaired) electrons. The first-order chi connectivity index (χ1) is 4.00. The lowest BCUT2D eigenvalue weighted by atomic mass is 10.4. The van der Waals surface area contributed by atoms with Crippen LogP contribution in [0, 0.1) is 6.42 Å².